The molecule has 0 bridgehead atoms. The van der Waals surface area contributed by atoms with Crippen LogP contribution in [0.5, 0.6) is 0 Å². The van der Waals surface area contributed by atoms with Crippen molar-refractivity contribution in [2.24, 2.45) is 0 Å². The van der Waals surface area contributed by atoms with Gasteiger partial charge in [-0.1, -0.05) is 60.7 Å². The Kier molecular flexibility index (Phi) is 15.2. The van der Waals surface area contributed by atoms with Crippen LogP contribution in [0.1, 0.15) is 25.0 Å². The standard InChI is InChI=1S/C28H38N4O8/c1-21(37-25(33)19-23-9-5-3-6-10-23)39-27(35)31-17-15-29-13-14-30-16-18-32-28(36)40-22(2)38-26(34)20-24-11-7-4-8-12-24/h3-12,21-22,29-30H,13-20H2,1-2H3,(H,31,35)(H,32,36)/t21-,22-/m0/s1. The molecule has 0 spiro atoms. The molecule has 12 heteroatoms. The fourth-order valence-electron chi connectivity index (χ4n) is 3.34. The van der Waals surface area contributed by atoms with E-state index < -0.39 is 36.7 Å². The van der Waals surface area contributed by atoms with E-state index in [4.69, 9.17) is 18.9 Å². The number of alkyl carbamates (subject to hydrolysis) is 2. The minimum Gasteiger partial charge on any atom is -0.425 e. The van der Waals surface area contributed by atoms with E-state index in [9.17, 15) is 19.2 Å². The van der Waals surface area contributed by atoms with Gasteiger partial charge in [0.25, 0.3) is 0 Å². The summed E-state index contributed by atoms with van der Waals surface area (Å²) in [5, 5.41) is 11.4. The molecule has 2 atom stereocenters. The van der Waals surface area contributed by atoms with E-state index in [0.717, 1.165) is 11.1 Å². The van der Waals surface area contributed by atoms with Crippen LogP contribution in [0, 0.1) is 0 Å². The lowest BCUT2D eigenvalue weighted by Gasteiger charge is -2.15. The van der Waals surface area contributed by atoms with Crippen LogP contribution in [0.4, 0.5) is 9.59 Å². The van der Waals surface area contributed by atoms with E-state index in [1.165, 1.54) is 13.8 Å². The molecule has 2 amide bonds. The van der Waals surface area contributed by atoms with Gasteiger partial charge in [-0.15, -0.1) is 0 Å². The Hall–Kier alpha value is -4.16. The van der Waals surface area contributed by atoms with Crippen molar-refractivity contribution in [1.29, 1.82) is 0 Å². The molecule has 218 valence electrons. The first-order valence-corrected chi connectivity index (χ1v) is 13.1. The lowest BCUT2D eigenvalue weighted by molar-refractivity contribution is -0.165. The van der Waals surface area contributed by atoms with E-state index >= 15 is 0 Å². The van der Waals surface area contributed by atoms with Gasteiger partial charge in [0.05, 0.1) is 12.8 Å². The first kappa shape index (κ1) is 32.1. The van der Waals surface area contributed by atoms with Crippen molar-refractivity contribution >= 4 is 24.1 Å². The van der Waals surface area contributed by atoms with Gasteiger partial charge in [0, 0.05) is 53.1 Å². The molecule has 2 aromatic carbocycles. The summed E-state index contributed by atoms with van der Waals surface area (Å²) in [4.78, 5) is 47.4. The van der Waals surface area contributed by atoms with Crippen molar-refractivity contribution in [2.45, 2.75) is 39.3 Å². The van der Waals surface area contributed by atoms with E-state index in [-0.39, 0.29) is 12.8 Å². The van der Waals surface area contributed by atoms with Crippen molar-refractivity contribution in [3.8, 4) is 0 Å². The summed E-state index contributed by atoms with van der Waals surface area (Å²) in [7, 11) is 0. The van der Waals surface area contributed by atoms with Gasteiger partial charge in [0.1, 0.15) is 0 Å². The zero-order chi connectivity index (χ0) is 29.0. The summed E-state index contributed by atoms with van der Waals surface area (Å²) in [6, 6.07) is 18.3. The Morgan fingerprint density at radius 2 is 0.900 bits per heavy atom. The molecule has 0 aliphatic carbocycles. The molecular formula is C28H38N4O8. The third-order valence-electron chi connectivity index (χ3n) is 5.14. The number of carbonyl (C=O) groups is 4. The predicted octanol–water partition coefficient (Wildman–Crippen LogP) is 1.88. The Labute approximate surface area is 234 Å². The highest BCUT2D eigenvalue weighted by Gasteiger charge is 2.15. The molecule has 0 saturated carbocycles. The number of hydrogen-bond acceptors (Lipinski definition) is 10. The molecule has 40 heavy (non-hydrogen) atoms. The number of benzene rings is 2. The molecule has 0 heterocycles. The van der Waals surface area contributed by atoms with Crippen molar-refractivity contribution in [3.63, 3.8) is 0 Å². The number of ether oxygens (including phenoxy) is 4. The molecule has 0 aliphatic rings. The van der Waals surface area contributed by atoms with Crippen molar-refractivity contribution in [3.05, 3.63) is 71.8 Å². The van der Waals surface area contributed by atoms with E-state index in [2.05, 4.69) is 21.3 Å². The monoisotopic (exact) mass is 558 g/mol. The molecule has 4 N–H and O–H groups in total. The summed E-state index contributed by atoms with van der Waals surface area (Å²) in [6.45, 7) is 5.87. The van der Waals surface area contributed by atoms with Gasteiger partial charge in [-0.05, 0) is 11.1 Å². The summed E-state index contributed by atoms with van der Waals surface area (Å²) in [5.74, 6) is -0.968. The number of nitrogens with one attached hydrogen (secondary N) is 4. The molecule has 2 rings (SSSR count). The van der Waals surface area contributed by atoms with Gasteiger partial charge in [0.2, 0.25) is 12.6 Å². The van der Waals surface area contributed by atoms with Crippen LogP contribution < -0.4 is 21.3 Å². The molecular weight excluding hydrogens is 520 g/mol. The number of carbonyl (C=O) groups excluding carboxylic acids is 4. The van der Waals surface area contributed by atoms with E-state index in [1.54, 1.807) is 0 Å². The average Bonchev–Trinajstić information content (AvgIpc) is 2.90. The second-order valence-corrected chi connectivity index (χ2v) is 8.60. The van der Waals surface area contributed by atoms with Crippen LogP contribution >= 0.6 is 0 Å². The fraction of sp³-hybridized carbons (Fsp3) is 0.429. The maximum atomic E-state index is 11.9. The normalized spacial score (nSPS) is 11.9. The fourth-order valence-corrected chi connectivity index (χ4v) is 3.34. The molecule has 12 nitrogen and oxygen atoms in total. The van der Waals surface area contributed by atoms with Crippen LogP contribution in [-0.2, 0) is 41.4 Å². The second kappa shape index (κ2) is 19.0. The molecule has 0 saturated heterocycles. The number of hydrogen-bond donors (Lipinski definition) is 4. The Balaban J connectivity index is 1.39. The van der Waals surface area contributed by atoms with E-state index in [1.807, 2.05) is 60.7 Å². The highest BCUT2D eigenvalue weighted by molar-refractivity contribution is 5.73. The Morgan fingerprint density at radius 3 is 1.27 bits per heavy atom. The lowest BCUT2D eigenvalue weighted by atomic mass is 10.2. The van der Waals surface area contributed by atoms with Crippen molar-refractivity contribution in [1.82, 2.24) is 21.3 Å². The SMILES string of the molecule is C[C@@H](OC(=O)Cc1ccccc1)OC(=O)NCCNCCNCCNC(=O)O[C@@H](C)OC(=O)Cc1ccccc1. The van der Waals surface area contributed by atoms with Crippen molar-refractivity contribution in [2.75, 3.05) is 39.3 Å². The van der Waals surface area contributed by atoms with Crippen LogP contribution in [0.2, 0.25) is 0 Å². The third kappa shape index (κ3) is 15.3. The Morgan fingerprint density at radius 1 is 0.550 bits per heavy atom. The van der Waals surface area contributed by atoms with Gasteiger partial charge < -0.3 is 40.2 Å². The summed E-state index contributed by atoms with van der Waals surface area (Å²) in [6.07, 6.45) is -3.18. The number of amides is 2. The van der Waals surface area contributed by atoms with Crippen LogP contribution in [0.3, 0.4) is 0 Å². The van der Waals surface area contributed by atoms with Gasteiger partial charge >= 0.3 is 24.1 Å². The zero-order valence-electron chi connectivity index (χ0n) is 22.9. The van der Waals surface area contributed by atoms with Crippen LogP contribution in [-0.4, -0.2) is 76.0 Å². The first-order valence-electron chi connectivity index (χ1n) is 13.1. The zero-order valence-corrected chi connectivity index (χ0v) is 22.9. The predicted molar refractivity (Wildman–Crippen MR) is 146 cm³/mol. The van der Waals surface area contributed by atoms with Crippen LogP contribution in [0.25, 0.3) is 0 Å². The van der Waals surface area contributed by atoms with Gasteiger partial charge in [-0.3, -0.25) is 9.59 Å². The molecule has 0 aliphatic heterocycles. The van der Waals surface area contributed by atoms with E-state index in [0.29, 0.717) is 39.3 Å². The summed E-state index contributed by atoms with van der Waals surface area (Å²) in [5.41, 5.74) is 1.63. The van der Waals surface area contributed by atoms with Gasteiger partial charge in [0.15, 0.2) is 0 Å². The largest absolute Gasteiger partial charge is 0.425 e. The quantitative estimate of drug-likeness (QED) is 0.129. The van der Waals surface area contributed by atoms with Crippen molar-refractivity contribution < 1.29 is 38.1 Å². The van der Waals surface area contributed by atoms with Crippen LogP contribution in [0.15, 0.2) is 60.7 Å². The third-order valence-corrected chi connectivity index (χ3v) is 5.14. The topological polar surface area (TPSA) is 153 Å². The molecule has 0 unspecified atom stereocenters. The van der Waals surface area contributed by atoms with Gasteiger partial charge in [-0.2, -0.15) is 0 Å². The Bertz CT molecular complexity index is 956. The molecule has 0 aromatic heterocycles. The average molecular weight is 559 g/mol. The summed E-state index contributed by atoms with van der Waals surface area (Å²) >= 11 is 0. The number of esters is 2. The minimum absolute atomic E-state index is 0.0974. The number of rotatable bonds is 17. The molecule has 0 radical (unpaired) electrons. The highest BCUT2D eigenvalue weighted by atomic mass is 16.7. The second-order valence-electron chi connectivity index (χ2n) is 8.60. The maximum absolute atomic E-state index is 11.9. The first-order chi connectivity index (χ1) is 19.3. The summed E-state index contributed by atoms with van der Waals surface area (Å²) < 4.78 is 20.2. The molecule has 0 fully saturated rings. The maximum Gasteiger partial charge on any atom is 0.410 e. The smallest absolute Gasteiger partial charge is 0.410 e. The molecule has 2 aromatic rings. The van der Waals surface area contributed by atoms with Gasteiger partial charge in [-0.25, -0.2) is 9.59 Å². The lowest BCUT2D eigenvalue weighted by Crippen LogP contribution is -2.38. The highest BCUT2D eigenvalue weighted by Crippen LogP contribution is 2.04. The minimum atomic E-state index is -1.00.